The fourth-order valence-corrected chi connectivity index (χ4v) is 2.92. The highest BCUT2D eigenvalue weighted by Crippen LogP contribution is 2.39. The zero-order valence-electron chi connectivity index (χ0n) is 12.1. The molecule has 0 aliphatic carbocycles. The first kappa shape index (κ1) is 13.7. The van der Waals surface area contributed by atoms with Crippen LogP contribution in [-0.2, 0) is 10.4 Å². The van der Waals surface area contributed by atoms with Crippen LogP contribution in [0.1, 0.15) is 22.5 Å². The number of amides is 1. The molecule has 23 heavy (non-hydrogen) atoms. The summed E-state index contributed by atoms with van der Waals surface area (Å²) in [6, 6.07) is 15.7. The molecule has 1 aliphatic rings. The predicted molar refractivity (Wildman–Crippen MR) is 84.1 cm³/mol. The van der Waals surface area contributed by atoms with E-state index < -0.39 is 17.3 Å². The average molecular weight is 307 g/mol. The molecule has 2 aromatic carbocycles. The Balaban J connectivity index is 1.69. The third-order valence-electron chi connectivity index (χ3n) is 4.11. The monoisotopic (exact) mass is 307 g/mol. The number of nitrogens with one attached hydrogen (secondary N) is 1. The van der Waals surface area contributed by atoms with Crippen LogP contribution < -0.4 is 5.32 Å². The molecule has 5 nitrogen and oxygen atoms in total. The average Bonchev–Trinajstić information content (AvgIpc) is 3.08. The fourth-order valence-electron chi connectivity index (χ4n) is 2.92. The Morgan fingerprint density at radius 1 is 1.13 bits per heavy atom. The molecule has 114 valence electrons. The third-order valence-corrected chi connectivity index (χ3v) is 4.11. The van der Waals surface area contributed by atoms with E-state index in [-0.39, 0.29) is 12.2 Å². The van der Waals surface area contributed by atoms with Gasteiger partial charge in [0.15, 0.2) is 11.4 Å². The van der Waals surface area contributed by atoms with Crippen LogP contribution in [-0.4, -0.2) is 16.8 Å². The summed E-state index contributed by atoms with van der Waals surface area (Å²) in [6.45, 7) is 0. The number of aliphatic hydroxyl groups is 1. The summed E-state index contributed by atoms with van der Waals surface area (Å²) in [7, 11) is 0. The number of carbonyl (C=O) groups is 2. The Labute approximate surface area is 131 Å². The molecule has 1 aliphatic heterocycles. The summed E-state index contributed by atoms with van der Waals surface area (Å²) >= 11 is 0. The van der Waals surface area contributed by atoms with Crippen molar-refractivity contribution in [3.8, 4) is 0 Å². The van der Waals surface area contributed by atoms with Crippen LogP contribution in [0, 0.1) is 0 Å². The predicted octanol–water partition coefficient (Wildman–Crippen LogP) is 2.85. The van der Waals surface area contributed by atoms with Crippen molar-refractivity contribution in [2.45, 2.75) is 12.0 Å². The van der Waals surface area contributed by atoms with E-state index in [1.54, 1.807) is 36.4 Å². The molecular formula is C18H13NO4. The normalized spacial score (nSPS) is 19.6. The lowest BCUT2D eigenvalue weighted by atomic mass is 9.89. The zero-order valence-corrected chi connectivity index (χ0v) is 12.1. The van der Waals surface area contributed by atoms with Crippen molar-refractivity contribution in [1.29, 1.82) is 0 Å². The molecule has 0 radical (unpaired) electrons. The van der Waals surface area contributed by atoms with E-state index in [1.807, 2.05) is 18.2 Å². The quantitative estimate of drug-likeness (QED) is 0.729. The van der Waals surface area contributed by atoms with Crippen molar-refractivity contribution in [3.05, 3.63) is 65.9 Å². The second kappa shape index (κ2) is 4.79. The number of hydrogen-bond donors (Lipinski definition) is 2. The van der Waals surface area contributed by atoms with Gasteiger partial charge in [0.25, 0.3) is 5.91 Å². The molecule has 0 spiro atoms. The number of carbonyl (C=O) groups excluding carboxylic acids is 2. The first-order chi connectivity index (χ1) is 11.1. The number of hydrogen-bond acceptors (Lipinski definition) is 4. The van der Waals surface area contributed by atoms with Gasteiger partial charge in [-0.25, -0.2) is 0 Å². The van der Waals surface area contributed by atoms with E-state index in [9.17, 15) is 14.7 Å². The van der Waals surface area contributed by atoms with Gasteiger partial charge in [-0.3, -0.25) is 9.59 Å². The molecule has 0 bridgehead atoms. The maximum absolute atomic E-state index is 12.5. The van der Waals surface area contributed by atoms with E-state index >= 15 is 0 Å². The van der Waals surface area contributed by atoms with E-state index in [4.69, 9.17) is 4.42 Å². The van der Waals surface area contributed by atoms with Gasteiger partial charge in [0.2, 0.25) is 5.78 Å². The molecule has 2 N–H and O–H groups in total. The summed E-state index contributed by atoms with van der Waals surface area (Å²) in [6.07, 6.45) is -0.365. The van der Waals surface area contributed by atoms with E-state index in [2.05, 4.69) is 5.32 Å². The lowest BCUT2D eigenvalue weighted by molar-refractivity contribution is -0.133. The van der Waals surface area contributed by atoms with Crippen LogP contribution in [0.2, 0.25) is 0 Å². The van der Waals surface area contributed by atoms with E-state index in [0.717, 1.165) is 5.39 Å². The van der Waals surface area contributed by atoms with Crippen LogP contribution in [0.15, 0.2) is 59.0 Å². The van der Waals surface area contributed by atoms with Gasteiger partial charge in [0.1, 0.15) is 5.58 Å². The Kier molecular flexibility index (Phi) is 2.86. The molecule has 0 saturated carbocycles. The molecule has 0 fully saturated rings. The molecule has 0 saturated heterocycles. The Morgan fingerprint density at radius 2 is 1.87 bits per heavy atom. The Bertz CT molecular complexity index is 910. The minimum absolute atomic E-state index is 0.136. The van der Waals surface area contributed by atoms with Gasteiger partial charge in [0, 0.05) is 16.6 Å². The molecule has 4 rings (SSSR count). The van der Waals surface area contributed by atoms with Crippen LogP contribution in [0.5, 0.6) is 0 Å². The second-order valence-corrected chi connectivity index (χ2v) is 5.61. The molecule has 1 atom stereocenters. The molecule has 1 amide bonds. The number of para-hydroxylation sites is 2. The lowest BCUT2D eigenvalue weighted by Crippen LogP contribution is -2.36. The molecule has 5 heteroatoms. The first-order valence-corrected chi connectivity index (χ1v) is 7.23. The van der Waals surface area contributed by atoms with Crippen molar-refractivity contribution < 1.29 is 19.1 Å². The minimum atomic E-state index is -1.87. The lowest BCUT2D eigenvalue weighted by Gasteiger charge is -2.19. The van der Waals surface area contributed by atoms with Crippen molar-refractivity contribution in [2.75, 3.05) is 5.32 Å². The van der Waals surface area contributed by atoms with Gasteiger partial charge < -0.3 is 14.8 Å². The number of anilines is 1. The highest BCUT2D eigenvalue weighted by Gasteiger charge is 2.47. The molecule has 3 aromatic rings. The van der Waals surface area contributed by atoms with Crippen LogP contribution in [0.4, 0.5) is 5.69 Å². The number of rotatable bonds is 3. The standard InChI is InChI=1S/C18H13NO4/c20-14(16-9-11-5-1-4-8-15(11)23-16)10-18(22)12-6-2-3-7-13(12)19-17(18)21/h1-9,22H,10H2,(H,19,21)/t18-/m0/s1. The van der Waals surface area contributed by atoms with E-state index in [0.29, 0.717) is 16.8 Å². The largest absolute Gasteiger partial charge is 0.453 e. The zero-order chi connectivity index (χ0) is 16.0. The van der Waals surface area contributed by atoms with Gasteiger partial charge in [-0.05, 0) is 18.2 Å². The smallest absolute Gasteiger partial charge is 0.261 e. The molecular weight excluding hydrogens is 294 g/mol. The highest BCUT2D eigenvalue weighted by molar-refractivity contribution is 6.09. The first-order valence-electron chi connectivity index (χ1n) is 7.23. The number of fused-ring (bicyclic) bond motifs is 2. The summed E-state index contributed by atoms with van der Waals surface area (Å²) in [5, 5.41) is 14.1. The van der Waals surface area contributed by atoms with E-state index in [1.165, 1.54) is 0 Å². The number of benzene rings is 2. The number of Topliss-reactive ketones (excluding diaryl/α,β-unsaturated/α-hetero) is 1. The molecule has 1 aromatic heterocycles. The summed E-state index contributed by atoms with van der Waals surface area (Å²) in [5.41, 5.74) is -0.335. The SMILES string of the molecule is O=C(C[C@@]1(O)C(=O)Nc2ccccc21)c1cc2ccccc2o1. The number of ketones is 1. The topological polar surface area (TPSA) is 79.5 Å². The van der Waals surface area contributed by atoms with Gasteiger partial charge in [-0.1, -0.05) is 36.4 Å². The van der Waals surface area contributed by atoms with Crippen molar-refractivity contribution in [3.63, 3.8) is 0 Å². The van der Waals surface area contributed by atoms with Crippen LogP contribution >= 0.6 is 0 Å². The maximum atomic E-state index is 12.5. The Morgan fingerprint density at radius 3 is 2.70 bits per heavy atom. The minimum Gasteiger partial charge on any atom is -0.453 e. The van der Waals surface area contributed by atoms with Gasteiger partial charge in [-0.2, -0.15) is 0 Å². The summed E-state index contributed by atoms with van der Waals surface area (Å²) < 4.78 is 5.52. The maximum Gasteiger partial charge on any atom is 0.261 e. The molecule has 0 unspecified atom stereocenters. The fraction of sp³-hybridized carbons (Fsp3) is 0.111. The van der Waals surface area contributed by atoms with Gasteiger partial charge in [0.05, 0.1) is 6.42 Å². The van der Waals surface area contributed by atoms with Crippen LogP contribution in [0.25, 0.3) is 11.0 Å². The summed E-state index contributed by atoms with van der Waals surface area (Å²) in [4.78, 5) is 24.6. The second-order valence-electron chi connectivity index (χ2n) is 5.61. The highest BCUT2D eigenvalue weighted by atomic mass is 16.3. The van der Waals surface area contributed by atoms with Crippen LogP contribution in [0.3, 0.4) is 0 Å². The molecule has 2 heterocycles. The van der Waals surface area contributed by atoms with Crippen molar-refractivity contribution in [2.24, 2.45) is 0 Å². The van der Waals surface area contributed by atoms with Crippen molar-refractivity contribution >= 4 is 28.3 Å². The van der Waals surface area contributed by atoms with Gasteiger partial charge in [-0.15, -0.1) is 0 Å². The number of furan rings is 1. The third kappa shape index (κ3) is 2.05. The van der Waals surface area contributed by atoms with Gasteiger partial charge >= 0.3 is 0 Å². The van der Waals surface area contributed by atoms with Crippen molar-refractivity contribution in [1.82, 2.24) is 0 Å². The Hall–Kier alpha value is -2.92. The summed E-state index contributed by atoms with van der Waals surface area (Å²) in [5.74, 6) is -0.879.